The van der Waals surface area contributed by atoms with Gasteiger partial charge in [-0.1, -0.05) is 37.5 Å². The van der Waals surface area contributed by atoms with Crippen LogP contribution in [0, 0.1) is 12.8 Å². The molecule has 0 heterocycles. The molecule has 0 amide bonds. The molecule has 0 bridgehead atoms. The monoisotopic (exact) mass is 247 g/mol. The normalized spacial score (nSPS) is 18.6. The van der Waals surface area contributed by atoms with Gasteiger partial charge in [-0.05, 0) is 37.3 Å². The number of aryl methyl sites for hydroxylation is 1. The number of para-hydroxylation sites is 1. The summed E-state index contributed by atoms with van der Waals surface area (Å²) in [6.45, 7) is 2.87. The Kier molecular flexibility index (Phi) is 4.65. The van der Waals surface area contributed by atoms with E-state index in [1.54, 1.807) is 0 Å². The Labute approximate surface area is 111 Å². The van der Waals surface area contributed by atoms with Gasteiger partial charge in [0.1, 0.15) is 0 Å². The third-order valence-corrected chi connectivity index (χ3v) is 4.18. The van der Waals surface area contributed by atoms with Gasteiger partial charge in [0.15, 0.2) is 0 Å². The van der Waals surface area contributed by atoms with Crippen molar-refractivity contribution < 1.29 is 5.11 Å². The Bertz CT molecular complexity index is 371. The molecule has 1 aliphatic carbocycles. The first-order valence-electron chi connectivity index (χ1n) is 7.13. The molecule has 1 aromatic rings. The lowest BCUT2D eigenvalue weighted by Gasteiger charge is -2.31. The SMILES string of the molecule is Cc1ccccc1N(C)CC(O)C1CCCCC1. The molecular formula is C16H25NO. The minimum atomic E-state index is -0.185. The minimum Gasteiger partial charge on any atom is -0.391 e. The summed E-state index contributed by atoms with van der Waals surface area (Å²) in [5, 5.41) is 10.4. The van der Waals surface area contributed by atoms with E-state index in [9.17, 15) is 5.11 Å². The predicted octanol–water partition coefficient (Wildman–Crippen LogP) is 3.37. The van der Waals surface area contributed by atoms with Crippen molar-refractivity contribution in [2.75, 3.05) is 18.5 Å². The lowest BCUT2D eigenvalue weighted by molar-refractivity contribution is 0.0910. The van der Waals surface area contributed by atoms with Crippen molar-refractivity contribution in [1.29, 1.82) is 0 Å². The van der Waals surface area contributed by atoms with Gasteiger partial charge in [0.25, 0.3) is 0 Å². The van der Waals surface area contributed by atoms with Crippen LogP contribution in [-0.4, -0.2) is 24.8 Å². The Morgan fingerprint density at radius 3 is 2.56 bits per heavy atom. The van der Waals surface area contributed by atoms with Gasteiger partial charge in [-0.3, -0.25) is 0 Å². The standard InChI is InChI=1S/C16H25NO/c1-13-8-6-7-11-15(13)17(2)12-16(18)14-9-4-3-5-10-14/h6-8,11,14,16,18H,3-5,9-10,12H2,1-2H3. The molecule has 1 atom stereocenters. The lowest BCUT2D eigenvalue weighted by Crippen LogP contribution is -2.35. The maximum Gasteiger partial charge on any atom is 0.0743 e. The molecule has 18 heavy (non-hydrogen) atoms. The van der Waals surface area contributed by atoms with Gasteiger partial charge in [0, 0.05) is 19.3 Å². The van der Waals surface area contributed by atoms with Crippen LogP contribution in [0.15, 0.2) is 24.3 Å². The van der Waals surface area contributed by atoms with Crippen molar-refractivity contribution in [2.24, 2.45) is 5.92 Å². The zero-order valence-corrected chi connectivity index (χ0v) is 11.6. The van der Waals surface area contributed by atoms with Crippen LogP contribution in [0.5, 0.6) is 0 Å². The summed E-state index contributed by atoms with van der Waals surface area (Å²) in [7, 11) is 2.08. The van der Waals surface area contributed by atoms with Crippen LogP contribution >= 0.6 is 0 Å². The average Bonchev–Trinajstić information content (AvgIpc) is 2.40. The Morgan fingerprint density at radius 1 is 1.22 bits per heavy atom. The fourth-order valence-corrected chi connectivity index (χ4v) is 3.04. The smallest absolute Gasteiger partial charge is 0.0743 e. The average molecular weight is 247 g/mol. The highest BCUT2D eigenvalue weighted by atomic mass is 16.3. The molecule has 0 radical (unpaired) electrons. The van der Waals surface area contributed by atoms with Crippen LogP contribution in [0.4, 0.5) is 5.69 Å². The van der Waals surface area contributed by atoms with Crippen LogP contribution in [0.25, 0.3) is 0 Å². The minimum absolute atomic E-state index is 0.185. The summed E-state index contributed by atoms with van der Waals surface area (Å²) in [4.78, 5) is 2.19. The number of nitrogens with zero attached hydrogens (tertiary/aromatic N) is 1. The molecule has 0 aromatic heterocycles. The molecule has 0 aliphatic heterocycles. The second-order valence-corrected chi connectivity index (χ2v) is 5.63. The fraction of sp³-hybridized carbons (Fsp3) is 0.625. The first-order chi connectivity index (χ1) is 8.68. The topological polar surface area (TPSA) is 23.5 Å². The Balaban J connectivity index is 1.94. The first-order valence-corrected chi connectivity index (χ1v) is 7.13. The van der Waals surface area contributed by atoms with Gasteiger partial charge in [-0.25, -0.2) is 0 Å². The summed E-state index contributed by atoms with van der Waals surface area (Å²) >= 11 is 0. The maximum atomic E-state index is 10.4. The van der Waals surface area contributed by atoms with E-state index in [4.69, 9.17) is 0 Å². The summed E-state index contributed by atoms with van der Waals surface area (Å²) in [5.41, 5.74) is 2.50. The molecule has 100 valence electrons. The van der Waals surface area contributed by atoms with Crippen molar-refractivity contribution in [3.05, 3.63) is 29.8 Å². The molecule has 0 spiro atoms. The van der Waals surface area contributed by atoms with Crippen LogP contribution in [0.3, 0.4) is 0 Å². The number of rotatable bonds is 4. The molecule has 1 aliphatic rings. The fourth-order valence-electron chi connectivity index (χ4n) is 3.04. The van der Waals surface area contributed by atoms with Crippen molar-refractivity contribution in [3.63, 3.8) is 0 Å². The third kappa shape index (κ3) is 3.26. The lowest BCUT2D eigenvalue weighted by atomic mass is 9.85. The Hall–Kier alpha value is -1.02. The Morgan fingerprint density at radius 2 is 1.89 bits per heavy atom. The molecule has 2 heteroatoms. The highest BCUT2D eigenvalue weighted by Crippen LogP contribution is 2.27. The quantitative estimate of drug-likeness (QED) is 0.881. The number of anilines is 1. The van der Waals surface area contributed by atoms with Crippen LogP contribution < -0.4 is 4.90 Å². The van der Waals surface area contributed by atoms with Crippen molar-refractivity contribution >= 4 is 5.69 Å². The van der Waals surface area contributed by atoms with E-state index in [1.807, 2.05) is 0 Å². The summed E-state index contributed by atoms with van der Waals surface area (Å²) < 4.78 is 0. The summed E-state index contributed by atoms with van der Waals surface area (Å²) in [6.07, 6.45) is 6.13. The zero-order chi connectivity index (χ0) is 13.0. The van der Waals surface area contributed by atoms with Gasteiger partial charge in [-0.2, -0.15) is 0 Å². The van der Waals surface area contributed by atoms with E-state index in [0.717, 1.165) is 6.54 Å². The first kappa shape index (κ1) is 13.4. The summed E-state index contributed by atoms with van der Waals surface area (Å²) in [5.74, 6) is 0.505. The number of aliphatic hydroxyl groups is 1. The number of aliphatic hydroxyl groups excluding tert-OH is 1. The number of hydrogen-bond acceptors (Lipinski definition) is 2. The number of likely N-dealkylation sites (N-methyl/N-ethyl adjacent to an activating group) is 1. The van der Waals surface area contributed by atoms with Crippen molar-refractivity contribution in [2.45, 2.75) is 45.1 Å². The second kappa shape index (κ2) is 6.24. The van der Waals surface area contributed by atoms with Gasteiger partial charge in [0.2, 0.25) is 0 Å². The highest BCUT2D eigenvalue weighted by Gasteiger charge is 2.23. The molecule has 2 rings (SSSR count). The van der Waals surface area contributed by atoms with Gasteiger partial charge in [0.05, 0.1) is 6.10 Å². The molecule has 1 fully saturated rings. The maximum absolute atomic E-state index is 10.4. The molecular weight excluding hydrogens is 222 g/mol. The van der Waals surface area contributed by atoms with E-state index in [2.05, 4.69) is 43.1 Å². The van der Waals surface area contributed by atoms with Gasteiger partial charge in [-0.15, -0.1) is 0 Å². The molecule has 2 nitrogen and oxygen atoms in total. The number of hydrogen-bond donors (Lipinski definition) is 1. The van der Waals surface area contributed by atoms with E-state index in [-0.39, 0.29) is 6.10 Å². The van der Waals surface area contributed by atoms with E-state index in [0.29, 0.717) is 5.92 Å². The van der Waals surface area contributed by atoms with Gasteiger partial charge < -0.3 is 10.0 Å². The van der Waals surface area contributed by atoms with E-state index in [1.165, 1.54) is 43.4 Å². The van der Waals surface area contributed by atoms with Crippen LogP contribution in [0.2, 0.25) is 0 Å². The molecule has 0 saturated heterocycles. The molecule has 1 N–H and O–H groups in total. The summed E-state index contributed by atoms with van der Waals surface area (Å²) in [6, 6.07) is 8.37. The van der Waals surface area contributed by atoms with E-state index < -0.39 is 0 Å². The largest absolute Gasteiger partial charge is 0.391 e. The van der Waals surface area contributed by atoms with Crippen LogP contribution in [0.1, 0.15) is 37.7 Å². The van der Waals surface area contributed by atoms with Crippen LogP contribution in [-0.2, 0) is 0 Å². The van der Waals surface area contributed by atoms with Gasteiger partial charge >= 0.3 is 0 Å². The van der Waals surface area contributed by atoms with Crippen molar-refractivity contribution in [3.8, 4) is 0 Å². The molecule has 1 aromatic carbocycles. The highest BCUT2D eigenvalue weighted by molar-refractivity contribution is 5.52. The second-order valence-electron chi connectivity index (χ2n) is 5.63. The number of benzene rings is 1. The third-order valence-electron chi connectivity index (χ3n) is 4.18. The van der Waals surface area contributed by atoms with Crippen molar-refractivity contribution in [1.82, 2.24) is 0 Å². The zero-order valence-electron chi connectivity index (χ0n) is 11.6. The molecule has 1 unspecified atom stereocenters. The molecule has 1 saturated carbocycles. The van der Waals surface area contributed by atoms with E-state index >= 15 is 0 Å². The predicted molar refractivity (Wildman–Crippen MR) is 77.0 cm³/mol.